The van der Waals surface area contributed by atoms with Crippen LogP contribution in [-0.4, -0.2) is 60.3 Å². The smallest absolute Gasteiger partial charge is 0.370 e. The van der Waals surface area contributed by atoms with Crippen LogP contribution in [0, 0.1) is 5.41 Å². The minimum Gasteiger partial charge on any atom is -0.370 e. The molecule has 0 aromatic carbocycles. The van der Waals surface area contributed by atoms with E-state index in [9.17, 15) is 35.9 Å². The number of carbonyl (C=O) groups is 2. The Morgan fingerprint density at radius 2 is 1.83 bits per heavy atom. The summed E-state index contributed by atoms with van der Waals surface area (Å²) in [6.07, 6.45) is -13.2. The summed E-state index contributed by atoms with van der Waals surface area (Å²) in [6, 6.07) is 1.33. The van der Waals surface area contributed by atoms with Crippen LogP contribution in [0.25, 0.3) is 0 Å². The second kappa shape index (κ2) is 10.8. The number of Topliss-reactive ketones (excluding diaryl/α,β-unsaturated/α-hetero) is 1. The molecule has 1 aromatic heterocycles. The zero-order valence-electron chi connectivity index (χ0n) is 15.3. The van der Waals surface area contributed by atoms with E-state index < -0.39 is 42.8 Å². The fraction of sp³-hybridized carbons (Fsp3) is 0.500. The Hall–Kier alpha value is -2.90. The predicted octanol–water partition coefficient (Wildman–Crippen LogP) is 1.52. The van der Waals surface area contributed by atoms with Crippen molar-refractivity contribution in [2.45, 2.75) is 37.3 Å². The molecule has 0 saturated carbocycles. The van der Waals surface area contributed by atoms with E-state index in [1.54, 1.807) is 0 Å². The van der Waals surface area contributed by atoms with Gasteiger partial charge in [0.05, 0.1) is 11.6 Å². The third kappa shape index (κ3) is 8.63. The lowest BCUT2D eigenvalue weighted by Crippen LogP contribution is -2.48. The van der Waals surface area contributed by atoms with Gasteiger partial charge in [-0.25, -0.2) is 0 Å². The van der Waals surface area contributed by atoms with E-state index in [4.69, 9.17) is 11.1 Å². The number of ether oxygens (including phenoxy) is 1. The number of nitrogens with zero attached hydrogens (tertiary/aromatic N) is 1. The first-order chi connectivity index (χ1) is 13.8. The highest BCUT2D eigenvalue weighted by molar-refractivity contribution is 5.97. The summed E-state index contributed by atoms with van der Waals surface area (Å²) in [7, 11) is 0. The van der Waals surface area contributed by atoms with Crippen molar-refractivity contribution in [1.82, 2.24) is 15.6 Å². The third-order valence-corrected chi connectivity index (χ3v) is 3.59. The Kier molecular flexibility index (Phi) is 9.01. The third-order valence-electron chi connectivity index (χ3n) is 3.59. The average molecular weight is 443 g/mol. The molecule has 8 nitrogen and oxygen atoms in total. The lowest BCUT2D eigenvalue weighted by Gasteiger charge is -2.24. The van der Waals surface area contributed by atoms with Gasteiger partial charge in [-0.05, 0) is 25.0 Å². The SMILES string of the molecule is N=C(N)NCCC[C@H](NC(=O)c1cccnc1)C(=O)COC(C(F)(F)F)C(F)(F)F. The highest BCUT2D eigenvalue weighted by Crippen LogP contribution is 2.35. The number of ketones is 1. The van der Waals surface area contributed by atoms with E-state index in [0.29, 0.717) is 0 Å². The quantitative estimate of drug-likeness (QED) is 0.188. The molecular formula is C16H19F6N5O3. The number of rotatable bonds is 10. The molecule has 0 unspecified atom stereocenters. The lowest BCUT2D eigenvalue weighted by molar-refractivity contribution is -0.319. The number of aromatic nitrogens is 1. The van der Waals surface area contributed by atoms with E-state index in [1.807, 2.05) is 0 Å². The van der Waals surface area contributed by atoms with Crippen molar-refractivity contribution in [3.05, 3.63) is 30.1 Å². The molecule has 0 saturated heterocycles. The molecule has 5 N–H and O–H groups in total. The standard InChI is InChI=1S/C16H19F6N5O3/c17-15(18,19)13(16(20,21)22)30-8-11(28)10(4-2-6-26-14(23)24)27-12(29)9-3-1-5-25-7-9/h1,3,5,7,10,13H,2,4,6,8H2,(H,27,29)(H4,23,24,26)/t10-/m0/s1. The van der Waals surface area contributed by atoms with Crippen LogP contribution in [0.15, 0.2) is 24.5 Å². The maximum Gasteiger partial charge on any atom is 0.423 e. The van der Waals surface area contributed by atoms with Gasteiger partial charge in [0.15, 0.2) is 11.7 Å². The lowest BCUT2D eigenvalue weighted by atomic mass is 10.1. The van der Waals surface area contributed by atoms with Gasteiger partial charge in [-0.15, -0.1) is 0 Å². The average Bonchev–Trinajstić information content (AvgIpc) is 2.62. The molecule has 168 valence electrons. The summed E-state index contributed by atoms with van der Waals surface area (Å²) in [5.41, 5.74) is 5.11. The van der Waals surface area contributed by atoms with Crippen molar-refractivity contribution >= 4 is 17.6 Å². The maximum atomic E-state index is 12.5. The summed E-state index contributed by atoms with van der Waals surface area (Å²) in [5, 5.41) is 11.7. The zero-order valence-corrected chi connectivity index (χ0v) is 15.3. The summed E-state index contributed by atoms with van der Waals surface area (Å²) in [4.78, 5) is 28.1. The first-order valence-corrected chi connectivity index (χ1v) is 8.39. The normalized spacial score (nSPS) is 13.0. The van der Waals surface area contributed by atoms with Crippen LogP contribution in [0.1, 0.15) is 23.2 Å². The molecular weight excluding hydrogens is 424 g/mol. The Morgan fingerprint density at radius 1 is 1.20 bits per heavy atom. The van der Waals surface area contributed by atoms with Crippen molar-refractivity contribution in [3.8, 4) is 0 Å². The Bertz CT molecular complexity index is 712. The summed E-state index contributed by atoms with van der Waals surface area (Å²) in [5.74, 6) is -2.36. The van der Waals surface area contributed by atoms with Gasteiger partial charge in [0, 0.05) is 18.9 Å². The number of hydrogen-bond acceptors (Lipinski definition) is 5. The molecule has 1 rings (SSSR count). The van der Waals surface area contributed by atoms with Crippen molar-refractivity contribution in [2.24, 2.45) is 5.73 Å². The number of alkyl halides is 6. The first kappa shape index (κ1) is 25.1. The van der Waals surface area contributed by atoms with E-state index in [0.717, 1.165) is 6.20 Å². The molecule has 1 amide bonds. The molecule has 0 aliphatic rings. The van der Waals surface area contributed by atoms with Gasteiger partial charge in [0.2, 0.25) is 6.10 Å². The van der Waals surface area contributed by atoms with Crippen LogP contribution in [-0.2, 0) is 9.53 Å². The molecule has 0 bridgehead atoms. The van der Waals surface area contributed by atoms with Crippen LogP contribution in [0.5, 0.6) is 0 Å². The van der Waals surface area contributed by atoms with Crippen LogP contribution >= 0.6 is 0 Å². The van der Waals surface area contributed by atoms with Crippen LogP contribution in [0.3, 0.4) is 0 Å². The second-order valence-electron chi connectivity index (χ2n) is 5.99. The number of amides is 1. The number of pyridine rings is 1. The van der Waals surface area contributed by atoms with Gasteiger partial charge in [0.1, 0.15) is 6.61 Å². The number of halogens is 6. The van der Waals surface area contributed by atoms with Crippen LogP contribution < -0.4 is 16.4 Å². The molecule has 0 fully saturated rings. The van der Waals surface area contributed by atoms with E-state index >= 15 is 0 Å². The minimum absolute atomic E-state index is 0.0292. The number of hydrogen-bond donors (Lipinski definition) is 4. The van der Waals surface area contributed by atoms with E-state index in [2.05, 4.69) is 20.4 Å². The van der Waals surface area contributed by atoms with Gasteiger partial charge in [-0.3, -0.25) is 20.0 Å². The number of nitrogens with two attached hydrogens (primary N) is 1. The summed E-state index contributed by atoms with van der Waals surface area (Å²) in [6.45, 7) is -1.45. The van der Waals surface area contributed by atoms with Crippen LogP contribution in [0.4, 0.5) is 26.3 Å². The minimum atomic E-state index is -5.77. The van der Waals surface area contributed by atoms with Gasteiger partial charge >= 0.3 is 12.4 Å². The first-order valence-electron chi connectivity index (χ1n) is 8.39. The maximum absolute atomic E-state index is 12.5. The Labute approximate surface area is 166 Å². The van der Waals surface area contributed by atoms with Gasteiger partial charge in [-0.1, -0.05) is 0 Å². The monoisotopic (exact) mass is 443 g/mol. The topological polar surface area (TPSA) is 130 Å². The molecule has 14 heteroatoms. The fourth-order valence-electron chi connectivity index (χ4n) is 2.22. The molecule has 0 aliphatic heterocycles. The fourth-order valence-corrected chi connectivity index (χ4v) is 2.22. The molecule has 0 spiro atoms. The van der Waals surface area contributed by atoms with E-state index in [-0.39, 0.29) is 30.9 Å². The van der Waals surface area contributed by atoms with Gasteiger partial charge < -0.3 is 21.1 Å². The number of guanidine groups is 1. The van der Waals surface area contributed by atoms with Crippen molar-refractivity contribution in [3.63, 3.8) is 0 Å². The zero-order chi connectivity index (χ0) is 22.9. The molecule has 30 heavy (non-hydrogen) atoms. The van der Waals surface area contributed by atoms with Gasteiger partial charge in [0.25, 0.3) is 5.91 Å². The molecule has 1 heterocycles. The molecule has 0 aliphatic carbocycles. The molecule has 1 aromatic rings. The molecule has 0 radical (unpaired) electrons. The molecule has 1 atom stereocenters. The van der Waals surface area contributed by atoms with E-state index in [1.165, 1.54) is 18.3 Å². The van der Waals surface area contributed by atoms with Gasteiger partial charge in [-0.2, -0.15) is 26.3 Å². The van der Waals surface area contributed by atoms with Crippen molar-refractivity contribution < 1.29 is 40.7 Å². The highest BCUT2D eigenvalue weighted by atomic mass is 19.4. The van der Waals surface area contributed by atoms with Crippen molar-refractivity contribution in [2.75, 3.05) is 13.2 Å². The number of nitrogens with one attached hydrogen (secondary N) is 3. The summed E-state index contributed by atoms with van der Waals surface area (Å²) < 4.78 is 79.1. The Morgan fingerprint density at radius 3 is 2.33 bits per heavy atom. The summed E-state index contributed by atoms with van der Waals surface area (Å²) >= 11 is 0. The highest BCUT2D eigenvalue weighted by Gasteiger charge is 2.58. The van der Waals surface area contributed by atoms with Crippen molar-refractivity contribution in [1.29, 1.82) is 5.41 Å². The second-order valence-corrected chi connectivity index (χ2v) is 5.99. The Balaban J connectivity index is 2.84. The predicted molar refractivity (Wildman–Crippen MR) is 91.5 cm³/mol. The number of carbonyl (C=O) groups excluding carboxylic acids is 2. The largest absolute Gasteiger partial charge is 0.423 e. The van der Waals surface area contributed by atoms with Crippen LogP contribution in [0.2, 0.25) is 0 Å².